The predicted octanol–water partition coefficient (Wildman–Crippen LogP) is 1.11. The van der Waals surface area contributed by atoms with E-state index in [4.69, 9.17) is 9.84 Å². The Labute approximate surface area is 107 Å². The molecule has 2 amide bonds. The summed E-state index contributed by atoms with van der Waals surface area (Å²) in [5, 5.41) is 14.3. The third kappa shape index (κ3) is 5.35. The highest BCUT2D eigenvalue weighted by Gasteiger charge is 2.26. The van der Waals surface area contributed by atoms with E-state index < -0.39 is 11.5 Å². The molecule has 1 rings (SSSR count). The molecule has 0 aromatic carbocycles. The second-order valence-corrected chi connectivity index (χ2v) is 5.46. The molecule has 2 unspecified atom stereocenters. The van der Waals surface area contributed by atoms with Crippen LogP contribution in [0, 0.1) is 0 Å². The van der Waals surface area contributed by atoms with Gasteiger partial charge in [0.05, 0.1) is 12.5 Å². The van der Waals surface area contributed by atoms with Gasteiger partial charge in [-0.25, -0.2) is 4.79 Å². The Bertz CT molecular complexity index is 317. The van der Waals surface area contributed by atoms with Gasteiger partial charge in [-0.1, -0.05) is 0 Å². The van der Waals surface area contributed by atoms with Gasteiger partial charge in [0.25, 0.3) is 0 Å². The van der Waals surface area contributed by atoms with E-state index in [-0.39, 0.29) is 24.6 Å². The molecule has 0 saturated carbocycles. The zero-order chi connectivity index (χ0) is 13.8. The summed E-state index contributed by atoms with van der Waals surface area (Å²) in [7, 11) is 0. The Hall–Kier alpha value is -1.30. The Balaban J connectivity index is 2.38. The highest BCUT2D eigenvalue weighted by Crippen LogP contribution is 2.13. The number of aliphatic carboxylic acids is 1. The van der Waals surface area contributed by atoms with Crippen LogP contribution in [0.1, 0.15) is 40.0 Å². The first-order chi connectivity index (χ1) is 8.28. The summed E-state index contributed by atoms with van der Waals surface area (Å²) in [5.74, 6) is -0.931. The topological polar surface area (TPSA) is 87.7 Å². The minimum absolute atomic E-state index is 0.0920. The normalized spacial score (nSPS) is 24.4. The number of nitrogens with one attached hydrogen (secondary N) is 2. The molecular formula is C12H22N2O4. The van der Waals surface area contributed by atoms with Crippen LogP contribution in [0.15, 0.2) is 0 Å². The van der Waals surface area contributed by atoms with Crippen molar-refractivity contribution in [2.75, 3.05) is 6.61 Å². The Morgan fingerprint density at radius 3 is 2.67 bits per heavy atom. The van der Waals surface area contributed by atoms with E-state index in [1.807, 2.05) is 6.92 Å². The molecule has 0 radical (unpaired) electrons. The van der Waals surface area contributed by atoms with Crippen molar-refractivity contribution in [1.82, 2.24) is 10.6 Å². The van der Waals surface area contributed by atoms with Gasteiger partial charge in [-0.15, -0.1) is 0 Å². The van der Waals surface area contributed by atoms with Crippen LogP contribution >= 0.6 is 0 Å². The molecule has 18 heavy (non-hydrogen) atoms. The number of urea groups is 1. The van der Waals surface area contributed by atoms with Crippen molar-refractivity contribution in [2.24, 2.45) is 0 Å². The molecule has 1 aliphatic rings. The minimum Gasteiger partial charge on any atom is -0.481 e. The fraction of sp³-hybridized carbons (Fsp3) is 0.833. The van der Waals surface area contributed by atoms with Crippen molar-refractivity contribution in [3.63, 3.8) is 0 Å². The number of ether oxygens (including phenoxy) is 1. The molecule has 0 aromatic heterocycles. The molecule has 6 heteroatoms. The molecule has 104 valence electrons. The molecule has 0 aliphatic carbocycles. The van der Waals surface area contributed by atoms with Gasteiger partial charge in [0, 0.05) is 18.2 Å². The fourth-order valence-corrected chi connectivity index (χ4v) is 2.08. The molecular weight excluding hydrogens is 236 g/mol. The van der Waals surface area contributed by atoms with E-state index in [9.17, 15) is 9.59 Å². The number of carbonyl (C=O) groups excluding carboxylic acids is 1. The van der Waals surface area contributed by atoms with Crippen LogP contribution in [0.4, 0.5) is 4.79 Å². The van der Waals surface area contributed by atoms with Crippen molar-refractivity contribution < 1.29 is 19.4 Å². The maximum absolute atomic E-state index is 11.8. The number of carbonyl (C=O) groups is 2. The number of carboxylic acid groups (broad SMARTS) is 1. The van der Waals surface area contributed by atoms with E-state index >= 15 is 0 Å². The van der Waals surface area contributed by atoms with Crippen LogP contribution in [0.5, 0.6) is 0 Å². The molecule has 1 saturated heterocycles. The summed E-state index contributed by atoms with van der Waals surface area (Å²) >= 11 is 0. The Morgan fingerprint density at radius 1 is 1.44 bits per heavy atom. The van der Waals surface area contributed by atoms with Crippen LogP contribution in [-0.4, -0.2) is 41.4 Å². The van der Waals surface area contributed by atoms with Gasteiger partial charge in [0.15, 0.2) is 0 Å². The maximum Gasteiger partial charge on any atom is 0.315 e. The summed E-state index contributed by atoms with van der Waals surface area (Å²) in [6.07, 6.45) is 1.62. The molecule has 6 nitrogen and oxygen atoms in total. The number of carboxylic acids is 1. The highest BCUT2D eigenvalue weighted by atomic mass is 16.5. The molecule has 1 aliphatic heterocycles. The molecule has 3 N–H and O–H groups in total. The van der Waals surface area contributed by atoms with Crippen molar-refractivity contribution in [1.29, 1.82) is 0 Å². The van der Waals surface area contributed by atoms with Gasteiger partial charge in [0.2, 0.25) is 0 Å². The van der Waals surface area contributed by atoms with E-state index in [0.717, 1.165) is 12.8 Å². The van der Waals surface area contributed by atoms with Crippen LogP contribution in [-0.2, 0) is 9.53 Å². The van der Waals surface area contributed by atoms with Gasteiger partial charge < -0.3 is 20.5 Å². The lowest BCUT2D eigenvalue weighted by atomic mass is 10.0. The first kappa shape index (κ1) is 14.8. The largest absolute Gasteiger partial charge is 0.481 e. The summed E-state index contributed by atoms with van der Waals surface area (Å²) in [6, 6.07) is -0.227. The standard InChI is InChI=1S/C12H22N2O4/c1-8-6-9(4-5-18-8)13-11(17)14-12(2,3)7-10(15)16/h8-9H,4-7H2,1-3H3,(H,15,16)(H2,13,14,17). The van der Waals surface area contributed by atoms with Gasteiger partial charge >= 0.3 is 12.0 Å². The fourth-order valence-electron chi connectivity index (χ4n) is 2.08. The second-order valence-electron chi connectivity index (χ2n) is 5.46. The first-order valence-electron chi connectivity index (χ1n) is 6.20. The number of hydrogen-bond acceptors (Lipinski definition) is 3. The van der Waals surface area contributed by atoms with Crippen molar-refractivity contribution in [3.8, 4) is 0 Å². The summed E-state index contributed by atoms with van der Waals surface area (Å²) in [5.41, 5.74) is -0.757. The average Bonchev–Trinajstić information content (AvgIpc) is 2.13. The predicted molar refractivity (Wildman–Crippen MR) is 66.4 cm³/mol. The Kier molecular flexibility index (Phi) is 4.95. The molecule has 0 bridgehead atoms. The average molecular weight is 258 g/mol. The van der Waals surface area contributed by atoms with Gasteiger partial charge in [-0.2, -0.15) is 0 Å². The lowest BCUT2D eigenvalue weighted by molar-refractivity contribution is -0.138. The van der Waals surface area contributed by atoms with Crippen LogP contribution in [0.2, 0.25) is 0 Å². The monoisotopic (exact) mass is 258 g/mol. The van der Waals surface area contributed by atoms with Crippen LogP contribution in [0.25, 0.3) is 0 Å². The van der Waals surface area contributed by atoms with E-state index in [1.165, 1.54) is 0 Å². The first-order valence-corrected chi connectivity index (χ1v) is 6.20. The quantitative estimate of drug-likeness (QED) is 0.704. The molecule has 2 atom stereocenters. The zero-order valence-corrected chi connectivity index (χ0v) is 11.2. The highest BCUT2D eigenvalue weighted by molar-refractivity contribution is 5.76. The van der Waals surface area contributed by atoms with E-state index in [2.05, 4.69) is 10.6 Å². The molecule has 0 aromatic rings. The second kappa shape index (κ2) is 6.04. The van der Waals surface area contributed by atoms with Crippen LogP contribution in [0.3, 0.4) is 0 Å². The van der Waals surface area contributed by atoms with Crippen molar-refractivity contribution in [3.05, 3.63) is 0 Å². The molecule has 0 spiro atoms. The summed E-state index contributed by atoms with van der Waals surface area (Å²) < 4.78 is 5.39. The molecule has 1 heterocycles. The van der Waals surface area contributed by atoms with Gasteiger partial charge in [-0.3, -0.25) is 4.79 Å². The lowest BCUT2D eigenvalue weighted by Crippen LogP contribution is -2.53. The SMILES string of the molecule is CC1CC(NC(=O)NC(C)(C)CC(=O)O)CCO1. The van der Waals surface area contributed by atoms with Gasteiger partial charge in [-0.05, 0) is 33.6 Å². The summed E-state index contributed by atoms with van der Waals surface area (Å²) in [6.45, 7) is 5.99. The van der Waals surface area contributed by atoms with Crippen LogP contribution < -0.4 is 10.6 Å². The number of hydrogen-bond donors (Lipinski definition) is 3. The zero-order valence-electron chi connectivity index (χ0n) is 11.2. The minimum atomic E-state index is -0.931. The van der Waals surface area contributed by atoms with E-state index in [1.54, 1.807) is 13.8 Å². The number of rotatable bonds is 4. The molecule has 1 fully saturated rings. The van der Waals surface area contributed by atoms with Crippen molar-refractivity contribution in [2.45, 2.75) is 57.7 Å². The maximum atomic E-state index is 11.8. The third-order valence-electron chi connectivity index (χ3n) is 2.87. The summed E-state index contributed by atoms with van der Waals surface area (Å²) in [4.78, 5) is 22.4. The van der Waals surface area contributed by atoms with Crippen molar-refractivity contribution >= 4 is 12.0 Å². The van der Waals surface area contributed by atoms with E-state index in [0.29, 0.717) is 6.61 Å². The number of amides is 2. The third-order valence-corrected chi connectivity index (χ3v) is 2.87. The van der Waals surface area contributed by atoms with Gasteiger partial charge in [0.1, 0.15) is 0 Å². The smallest absolute Gasteiger partial charge is 0.315 e. The Morgan fingerprint density at radius 2 is 2.11 bits per heavy atom. The lowest BCUT2D eigenvalue weighted by Gasteiger charge is -2.30.